The van der Waals surface area contributed by atoms with Gasteiger partial charge in [-0.2, -0.15) is 0 Å². The van der Waals surface area contributed by atoms with Crippen molar-refractivity contribution in [1.29, 1.82) is 0 Å². The lowest BCUT2D eigenvalue weighted by molar-refractivity contribution is -0.141. The van der Waals surface area contributed by atoms with Gasteiger partial charge < -0.3 is 10.5 Å². The van der Waals surface area contributed by atoms with Crippen LogP contribution < -0.4 is 5.73 Å². The summed E-state index contributed by atoms with van der Waals surface area (Å²) in [5.41, 5.74) is 7.34. The zero-order chi connectivity index (χ0) is 12.8. The molecule has 1 aromatic rings. The van der Waals surface area contributed by atoms with E-state index < -0.39 is 11.3 Å². The van der Waals surface area contributed by atoms with Crippen molar-refractivity contribution in [3.63, 3.8) is 0 Å². The van der Waals surface area contributed by atoms with Crippen molar-refractivity contribution in [2.75, 3.05) is 12.3 Å². The third-order valence-corrected chi connectivity index (χ3v) is 2.59. The van der Waals surface area contributed by atoms with Crippen LogP contribution in [0.4, 0.5) is 11.4 Å². The van der Waals surface area contributed by atoms with Crippen LogP contribution in [0.15, 0.2) is 29.3 Å². The molecule has 0 bridgehead atoms. The Balaban J connectivity index is 2.86. The van der Waals surface area contributed by atoms with Gasteiger partial charge in [-0.05, 0) is 26.0 Å². The number of nitrogens with two attached hydrogens (primary N) is 1. The molecule has 2 N–H and O–H groups in total. The first-order chi connectivity index (χ1) is 8.06. The van der Waals surface area contributed by atoms with Gasteiger partial charge in [0.2, 0.25) is 0 Å². The third-order valence-electron chi connectivity index (χ3n) is 2.09. The number of aliphatic imine (C=N–C) groups is 1. The second-order valence-electron chi connectivity index (χ2n) is 3.43. The van der Waals surface area contributed by atoms with E-state index in [0.717, 1.165) is 0 Å². The summed E-state index contributed by atoms with van der Waals surface area (Å²) in [4.78, 5) is 15.6. The average molecular weight is 255 g/mol. The van der Waals surface area contributed by atoms with Gasteiger partial charge in [0.1, 0.15) is 0 Å². The predicted octanol–water partition coefficient (Wildman–Crippen LogP) is 2.53. The Labute approximate surface area is 105 Å². The highest BCUT2D eigenvalue weighted by atomic mass is 35.5. The van der Waals surface area contributed by atoms with Crippen LogP contribution in [-0.2, 0) is 9.53 Å². The predicted molar refractivity (Wildman–Crippen MR) is 69.9 cm³/mol. The first-order valence-electron chi connectivity index (χ1n) is 5.26. The number of nitrogen functional groups attached to an aromatic ring is 1. The standard InChI is InChI=1S/C12H15ClN2O2/c1-3-17-12(16)11(13)8(2)15-10-7-5-4-6-9(10)14/h4-7,11H,3,14H2,1-2H3/t11-/m1/s1. The minimum atomic E-state index is -0.880. The minimum Gasteiger partial charge on any atom is -0.465 e. The molecule has 4 nitrogen and oxygen atoms in total. The largest absolute Gasteiger partial charge is 0.465 e. The summed E-state index contributed by atoms with van der Waals surface area (Å²) in [5.74, 6) is -0.495. The average Bonchev–Trinajstić information content (AvgIpc) is 2.31. The van der Waals surface area contributed by atoms with E-state index in [1.807, 2.05) is 12.1 Å². The Bertz CT molecular complexity index is 432. The quantitative estimate of drug-likeness (QED) is 0.389. The number of hydrogen-bond acceptors (Lipinski definition) is 4. The van der Waals surface area contributed by atoms with Crippen molar-refractivity contribution in [3.8, 4) is 0 Å². The molecule has 92 valence electrons. The van der Waals surface area contributed by atoms with Gasteiger partial charge in [0.25, 0.3) is 0 Å². The fourth-order valence-corrected chi connectivity index (χ4v) is 1.33. The number of anilines is 1. The lowest BCUT2D eigenvalue weighted by atomic mass is 10.2. The van der Waals surface area contributed by atoms with Gasteiger partial charge in [-0.3, -0.25) is 9.79 Å². The van der Waals surface area contributed by atoms with Crippen LogP contribution in [0.2, 0.25) is 0 Å². The Kier molecular flexibility index (Phi) is 4.97. The van der Waals surface area contributed by atoms with Gasteiger partial charge >= 0.3 is 5.97 Å². The molecule has 0 aliphatic carbocycles. The second-order valence-corrected chi connectivity index (χ2v) is 3.86. The molecule has 1 rings (SSSR count). The Hall–Kier alpha value is -1.55. The summed E-state index contributed by atoms with van der Waals surface area (Å²) in [6.45, 7) is 3.69. The monoisotopic (exact) mass is 254 g/mol. The number of carbonyl (C=O) groups is 1. The third kappa shape index (κ3) is 3.75. The highest BCUT2D eigenvalue weighted by molar-refractivity contribution is 6.41. The molecule has 0 aliphatic heterocycles. The van der Waals surface area contributed by atoms with Crippen LogP contribution in [0.5, 0.6) is 0 Å². The number of esters is 1. The molecule has 0 fully saturated rings. The molecule has 5 heteroatoms. The van der Waals surface area contributed by atoms with Gasteiger partial charge in [-0.1, -0.05) is 12.1 Å². The van der Waals surface area contributed by atoms with E-state index in [4.69, 9.17) is 22.1 Å². The molecule has 17 heavy (non-hydrogen) atoms. The van der Waals surface area contributed by atoms with E-state index in [2.05, 4.69) is 4.99 Å². The van der Waals surface area contributed by atoms with E-state index in [1.165, 1.54) is 0 Å². The summed E-state index contributed by atoms with van der Waals surface area (Å²) in [5, 5.41) is -0.880. The van der Waals surface area contributed by atoms with Crippen molar-refractivity contribution in [3.05, 3.63) is 24.3 Å². The highest BCUT2D eigenvalue weighted by Gasteiger charge is 2.19. The van der Waals surface area contributed by atoms with Crippen molar-refractivity contribution in [1.82, 2.24) is 0 Å². The van der Waals surface area contributed by atoms with Gasteiger partial charge in [-0.15, -0.1) is 11.6 Å². The Morgan fingerprint density at radius 2 is 2.18 bits per heavy atom. The van der Waals surface area contributed by atoms with Gasteiger partial charge in [0, 0.05) is 5.71 Å². The van der Waals surface area contributed by atoms with E-state index in [0.29, 0.717) is 23.7 Å². The maximum absolute atomic E-state index is 11.4. The molecule has 0 aromatic heterocycles. The summed E-state index contributed by atoms with van der Waals surface area (Å²) in [6, 6.07) is 7.12. The molecule has 0 radical (unpaired) electrons. The fraction of sp³-hybridized carbons (Fsp3) is 0.333. The Morgan fingerprint density at radius 1 is 1.53 bits per heavy atom. The number of nitrogens with zero attached hydrogens (tertiary/aromatic N) is 1. The number of alkyl halides is 1. The van der Waals surface area contributed by atoms with E-state index in [1.54, 1.807) is 26.0 Å². The summed E-state index contributed by atoms with van der Waals surface area (Å²) < 4.78 is 4.81. The molecule has 0 unspecified atom stereocenters. The number of ether oxygens (including phenoxy) is 1. The number of hydrogen-bond donors (Lipinski definition) is 1. The van der Waals surface area contributed by atoms with Crippen molar-refractivity contribution in [2.24, 2.45) is 4.99 Å². The minimum absolute atomic E-state index is 0.294. The van der Waals surface area contributed by atoms with Gasteiger partial charge in [0.05, 0.1) is 18.0 Å². The fourth-order valence-electron chi connectivity index (χ4n) is 1.22. The van der Waals surface area contributed by atoms with E-state index in [9.17, 15) is 4.79 Å². The zero-order valence-electron chi connectivity index (χ0n) is 9.81. The van der Waals surface area contributed by atoms with Gasteiger partial charge in [-0.25, -0.2) is 0 Å². The van der Waals surface area contributed by atoms with E-state index >= 15 is 0 Å². The molecular formula is C12H15ClN2O2. The number of para-hydroxylation sites is 2. The highest BCUT2D eigenvalue weighted by Crippen LogP contribution is 2.21. The van der Waals surface area contributed by atoms with Crippen LogP contribution in [0, 0.1) is 0 Å². The Morgan fingerprint density at radius 3 is 2.76 bits per heavy atom. The number of carbonyl (C=O) groups excluding carboxylic acids is 1. The lowest BCUT2D eigenvalue weighted by Crippen LogP contribution is -2.24. The molecule has 1 aromatic carbocycles. The van der Waals surface area contributed by atoms with Crippen LogP contribution in [-0.4, -0.2) is 23.7 Å². The first-order valence-corrected chi connectivity index (χ1v) is 5.70. The van der Waals surface area contributed by atoms with Crippen molar-refractivity contribution in [2.45, 2.75) is 19.2 Å². The molecule has 0 saturated carbocycles. The molecule has 0 aliphatic rings. The van der Waals surface area contributed by atoms with Crippen LogP contribution in [0.3, 0.4) is 0 Å². The smallest absolute Gasteiger partial charge is 0.329 e. The van der Waals surface area contributed by atoms with Crippen molar-refractivity contribution >= 4 is 34.7 Å². The molecule has 1 atom stereocenters. The summed E-state index contributed by atoms with van der Waals surface area (Å²) >= 11 is 5.92. The van der Waals surface area contributed by atoms with E-state index in [-0.39, 0.29) is 0 Å². The number of rotatable bonds is 4. The molecule has 0 saturated heterocycles. The van der Waals surface area contributed by atoms with Gasteiger partial charge in [0.15, 0.2) is 5.38 Å². The lowest BCUT2D eigenvalue weighted by Gasteiger charge is -2.08. The number of benzene rings is 1. The van der Waals surface area contributed by atoms with Crippen LogP contribution in [0.25, 0.3) is 0 Å². The second kappa shape index (κ2) is 6.25. The number of halogens is 1. The molecule has 0 spiro atoms. The molecular weight excluding hydrogens is 240 g/mol. The zero-order valence-corrected chi connectivity index (χ0v) is 10.6. The maximum Gasteiger partial charge on any atom is 0.329 e. The topological polar surface area (TPSA) is 64.7 Å². The van der Waals surface area contributed by atoms with Crippen molar-refractivity contribution < 1.29 is 9.53 Å². The summed E-state index contributed by atoms with van der Waals surface area (Å²) in [7, 11) is 0. The summed E-state index contributed by atoms with van der Waals surface area (Å²) in [6.07, 6.45) is 0. The van der Waals surface area contributed by atoms with Crippen LogP contribution >= 0.6 is 11.6 Å². The molecule has 0 amide bonds. The maximum atomic E-state index is 11.4. The van der Waals surface area contributed by atoms with Crippen LogP contribution in [0.1, 0.15) is 13.8 Å². The first kappa shape index (κ1) is 13.5. The SMILES string of the molecule is CCOC(=O)[C@H](Cl)C(C)=Nc1ccccc1N. The molecule has 0 heterocycles. The normalized spacial score (nSPS) is 13.2.